The Morgan fingerprint density at radius 3 is 1.89 bits per heavy atom. The molecular formula is C15H10O3. The predicted molar refractivity (Wildman–Crippen MR) is 67.4 cm³/mol. The van der Waals surface area contributed by atoms with Gasteiger partial charge >= 0.3 is 0 Å². The molecule has 0 amide bonds. The van der Waals surface area contributed by atoms with E-state index >= 15 is 0 Å². The van der Waals surface area contributed by atoms with E-state index in [4.69, 9.17) is 10.2 Å². The van der Waals surface area contributed by atoms with Crippen molar-refractivity contribution in [2.75, 3.05) is 0 Å². The van der Waals surface area contributed by atoms with E-state index in [2.05, 4.69) is 11.8 Å². The van der Waals surface area contributed by atoms with Crippen molar-refractivity contribution in [3.05, 3.63) is 59.7 Å². The van der Waals surface area contributed by atoms with Gasteiger partial charge in [-0.1, -0.05) is 5.92 Å². The number of rotatable bonds is 1. The average Bonchev–Trinajstić information content (AvgIpc) is 2.38. The first-order chi connectivity index (χ1) is 8.65. The lowest BCUT2D eigenvalue weighted by atomic mass is 10.1. The minimum absolute atomic E-state index is 0.109. The molecule has 3 nitrogen and oxygen atoms in total. The molecule has 0 aliphatic carbocycles. The summed E-state index contributed by atoms with van der Waals surface area (Å²) in [6, 6.07) is 12.2. The van der Waals surface area contributed by atoms with Gasteiger partial charge in [-0.15, -0.1) is 0 Å². The summed E-state index contributed by atoms with van der Waals surface area (Å²) in [4.78, 5) is 11.7. The largest absolute Gasteiger partial charge is 0.508 e. The minimum atomic E-state index is -0.317. The first kappa shape index (κ1) is 11.7. The summed E-state index contributed by atoms with van der Waals surface area (Å²) < 4.78 is 0. The molecule has 0 saturated carbocycles. The molecule has 0 fully saturated rings. The number of phenolic OH excluding ortho intramolecular Hbond substituents is 2. The van der Waals surface area contributed by atoms with Gasteiger partial charge in [0.1, 0.15) is 11.5 Å². The Kier molecular flexibility index (Phi) is 3.31. The van der Waals surface area contributed by atoms with E-state index < -0.39 is 0 Å². The summed E-state index contributed by atoms with van der Waals surface area (Å²) >= 11 is 0. The van der Waals surface area contributed by atoms with Crippen LogP contribution in [0.5, 0.6) is 11.5 Å². The van der Waals surface area contributed by atoms with Crippen molar-refractivity contribution in [3.63, 3.8) is 0 Å². The molecule has 0 unspecified atom stereocenters. The van der Waals surface area contributed by atoms with Crippen LogP contribution in [0, 0.1) is 11.8 Å². The number of phenols is 2. The fourth-order valence-electron chi connectivity index (χ4n) is 1.36. The number of benzene rings is 2. The zero-order valence-corrected chi connectivity index (χ0v) is 9.42. The Bertz CT molecular complexity index is 614. The first-order valence-corrected chi connectivity index (χ1v) is 5.29. The highest BCUT2D eigenvalue weighted by atomic mass is 16.3. The number of hydrogen-bond donors (Lipinski definition) is 2. The third-order valence-corrected chi connectivity index (χ3v) is 2.32. The molecule has 0 atom stereocenters. The van der Waals surface area contributed by atoms with Gasteiger partial charge in [0.25, 0.3) is 0 Å². The molecule has 0 aliphatic rings. The number of aromatic hydroxyl groups is 2. The van der Waals surface area contributed by atoms with Crippen LogP contribution in [0.3, 0.4) is 0 Å². The monoisotopic (exact) mass is 238 g/mol. The van der Waals surface area contributed by atoms with Gasteiger partial charge in [0, 0.05) is 11.1 Å². The first-order valence-electron chi connectivity index (χ1n) is 5.29. The van der Waals surface area contributed by atoms with E-state index in [9.17, 15) is 4.79 Å². The maximum atomic E-state index is 11.7. The Labute approximate surface area is 104 Å². The second-order valence-electron chi connectivity index (χ2n) is 3.67. The smallest absolute Gasteiger partial charge is 0.236 e. The van der Waals surface area contributed by atoms with Gasteiger partial charge < -0.3 is 10.2 Å². The maximum absolute atomic E-state index is 11.7. The van der Waals surface area contributed by atoms with Crippen LogP contribution in [0.25, 0.3) is 0 Å². The van der Waals surface area contributed by atoms with Crippen LogP contribution < -0.4 is 0 Å². The third kappa shape index (κ3) is 2.89. The lowest BCUT2D eigenvalue weighted by Crippen LogP contribution is -1.93. The molecule has 0 aromatic heterocycles. The third-order valence-electron chi connectivity index (χ3n) is 2.32. The number of Topliss-reactive ketones (excluding diaryl/α,β-unsaturated/α-hetero) is 1. The molecule has 18 heavy (non-hydrogen) atoms. The van der Waals surface area contributed by atoms with E-state index in [1.807, 2.05) is 0 Å². The van der Waals surface area contributed by atoms with E-state index in [0.717, 1.165) is 0 Å². The number of carbonyl (C=O) groups is 1. The van der Waals surface area contributed by atoms with Gasteiger partial charge in [-0.3, -0.25) is 4.79 Å². The molecule has 0 saturated heterocycles. The van der Waals surface area contributed by atoms with Crippen molar-refractivity contribution < 1.29 is 15.0 Å². The molecule has 2 aromatic rings. The SMILES string of the molecule is O=C(C#Cc1ccc(O)cc1)c1ccc(O)cc1. The van der Waals surface area contributed by atoms with Crippen LogP contribution >= 0.6 is 0 Å². The van der Waals surface area contributed by atoms with Crippen molar-refractivity contribution in [1.29, 1.82) is 0 Å². The number of hydrogen-bond acceptors (Lipinski definition) is 3. The van der Waals surface area contributed by atoms with E-state index in [1.165, 1.54) is 36.4 Å². The van der Waals surface area contributed by atoms with Gasteiger partial charge in [-0.05, 0) is 54.5 Å². The van der Waals surface area contributed by atoms with Gasteiger partial charge in [0.05, 0.1) is 0 Å². The fraction of sp³-hybridized carbons (Fsp3) is 0. The average molecular weight is 238 g/mol. The molecule has 2 rings (SSSR count). The van der Waals surface area contributed by atoms with Crippen LogP contribution in [-0.2, 0) is 0 Å². The summed E-state index contributed by atoms with van der Waals surface area (Å²) in [5, 5.41) is 18.2. The summed E-state index contributed by atoms with van der Waals surface area (Å²) in [6.07, 6.45) is 0. The van der Waals surface area contributed by atoms with Crippen molar-refractivity contribution in [2.45, 2.75) is 0 Å². The van der Waals surface area contributed by atoms with Crippen molar-refractivity contribution in [3.8, 4) is 23.3 Å². The number of carbonyl (C=O) groups excluding carboxylic acids is 1. The zero-order valence-electron chi connectivity index (χ0n) is 9.42. The second-order valence-corrected chi connectivity index (χ2v) is 3.67. The highest BCUT2D eigenvalue weighted by Gasteiger charge is 2.01. The van der Waals surface area contributed by atoms with Gasteiger partial charge in [-0.25, -0.2) is 0 Å². The van der Waals surface area contributed by atoms with Gasteiger partial charge in [-0.2, -0.15) is 0 Å². The zero-order chi connectivity index (χ0) is 13.0. The molecule has 0 radical (unpaired) electrons. The molecule has 88 valence electrons. The van der Waals surface area contributed by atoms with Crippen molar-refractivity contribution >= 4 is 5.78 Å². The lowest BCUT2D eigenvalue weighted by molar-refractivity contribution is 0.105. The van der Waals surface area contributed by atoms with Crippen LogP contribution in [-0.4, -0.2) is 16.0 Å². The van der Waals surface area contributed by atoms with Crippen LogP contribution in [0.4, 0.5) is 0 Å². The Morgan fingerprint density at radius 1 is 0.833 bits per heavy atom. The van der Waals surface area contributed by atoms with Crippen LogP contribution in [0.1, 0.15) is 15.9 Å². The van der Waals surface area contributed by atoms with Crippen molar-refractivity contribution in [1.82, 2.24) is 0 Å². The second kappa shape index (κ2) is 5.07. The molecule has 2 N–H and O–H groups in total. The summed E-state index contributed by atoms with van der Waals surface area (Å²) in [5.74, 6) is 5.16. The highest BCUT2D eigenvalue weighted by Crippen LogP contribution is 2.10. The maximum Gasteiger partial charge on any atom is 0.236 e. The normalized spacial score (nSPS) is 9.33. The van der Waals surface area contributed by atoms with Crippen LogP contribution in [0.2, 0.25) is 0 Å². The lowest BCUT2D eigenvalue weighted by Gasteiger charge is -1.94. The molecule has 0 bridgehead atoms. The molecule has 3 heteroatoms. The fourth-order valence-corrected chi connectivity index (χ4v) is 1.36. The molecular weight excluding hydrogens is 228 g/mol. The highest BCUT2D eigenvalue weighted by molar-refractivity contribution is 6.09. The molecule has 0 heterocycles. The Hall–Kier alpha value is -2.73. The summed E-state index contributed by atoms with van der Waals surface area (Å²) in [6.45, 7) is 0. The standard InChI is InChI=1S/C15H10O3/c16-13-6-1-11(2-7-13)3-10-15(18)12-4-8-14(17)9-5-12/h1-2,4-9,16-17H. The molecule has 2 aromatic carbocycles. The molecule has 0 aliphatic heterocycles. The summed E-state index contributed by atoms with van der Waals surface area (Å²) in [5.41, 5.74) is 1.08. The topological polar surface area (TPSA) is 57.5 Å². The van der Waals surface area contributed by atoms with Crippen molar-refractivity contribution in [2.24, 2.45) is 0 Å². The Balaban J connectivity index is 2.17. The number of ketones is 1. The van der Waals surface area contributed by atoms with E-state index in [-0.39, 0.29) is 17.3 Å². The van der Waals surface area contributed by atoms with E-state index in [1.54, 1.807) is 12.1 Å². The summed E-state index contributed by atoms with van der Waals surface area (Å²) in [7, 11) is 0. The quantitative estimate of drug-likeness (QED) is 0.592. The van der Waals surface area contributed by atoms with Gasteiger partial charge in [0.15, 0.2) is 0 Å². The predicted octanol–water partition coefficient (Wildman–Crippen LogP) is 2.33. The Morgan fingerprint density at radius 2 is 1.33 bits per heavy atom. The van der Waals surface area contributed by atoms with Gasteiger partial charge in [0.2, 0.25) is 5.78 Å². The van der Waals surface area contributed by atoms with E-state index in [0.29, 0.717) is 11.1 Å². The molecule has 0 spiro atoms. The van der Waals surface area contributed by atoms with Crippen LogP contribution in [0.15, 0.2) is 48.5 Å². The minimum Gasteiger partial charge on any atom is -0.508 e.